The van der Waals surface area contributed by atoms with E-state index in [-0.39, 0.29) is 47.1 Å². The molecule has 26 heteroatoms. The quantitative estimate of drug-likeness (QED) is 0.0968. The van der Waals surface area contributed by atoms with Crippen LogP contribution in [0.25, 0.3) is 22.3 Å². The van der Waals surface area contributed by atoms with Gasteiger partial charge in [-0.05, 0) is 0 Å². The summed E-state index contributed by atoms with van der Waals surface area (Å²) < 4.78 is 52.9. The van der Waals surface area contributed by atoms with Crippen molar-refractivity contribution in [3.05, 3.63) is 16.7 Å². The van der Waals surface area contributed by atoms with Gasteiger partial charge < -0.3 is 0 Å². The zero-order chi connectivity index (χ0) is 31.0. The molecule has 0 aliphatic carbocycles. The molecule has 0 radical (unpaired) electrons. The maximum absolute atomic E-state index is 16.0. The van der Waals surface area contributed by atoms with Crippen LogP contribution in [0, 0.1) is 0 Å². The van der Waals surface area contributed by atoms with Gasteiger partial charge in [-0.2, -0.15) is 0 Å². The molecule has 3 aliphatic heterocycles. The third-order valence-corrected chi connectivity index (χ3v) is 10.7. The summed E-state index contributed by atoms with van der Waals surface area (Å²) >= 11 is 8.40. The van der Waals surface area contributed by atoms with Gasteiger partial charge in [-0.1, -0.05) is 0 Å². The third-order valence-electron chi connectivity index (χ3n) is 7.02. The standard InChI is InChI=1S/C18H25FN12O9P2S2/c19-8-11-7(38-17(8)30-13-9(26-28-30)12(20)22-4-23-13)3-36-41(33,43)39-6-1-5(2-35-42(34,44)40-11)37-16(6)31-14-10(27-29-31)15(32)25-18(21)24-14/h4-8,11,16-17,33-34,41-44H,1-3H2,(H2,20,22,23)(H3,21,24,25,32)/t5-,6+,7+,8-,11+,16+,17+/m0/s1. The van der Waals surface area contributed by atoms with Gasteiger partial charge in [-0.25, -0.2) is 0 Å². The van der Waals surface area contributed by atoms with Crippen LogP contribution in [0.1, 0.15) is 18.9 Å². The van der Waals surface area contributed by atoms with Crippen LogP contribution in [-0.4, -0.2) is 104 Å². The van der Waals surface area contributed by atoms with Crippen molar-refractivity contribution in [1.29, 1.82) is 0 Å². The van der Waals surface area contributed by atoms with Crippen LogP contribution in [0.15, 0.2) is 11.1 Å². The Balaban J connectivity index is 1.18. The molecule has 4 aromatic heterocycles. The zero-order valence-electron chi connectivity index (χ0n) is 21.9. The fourth-order valence-corrected chi connectivity index (χ4v) is 8.51. The van der Waals surface area contributed by atoms with Crippen molar-refractivity contribution in [2.24, 2.45) is 0 Å². The fourth-order valence-electron chi connectivity index (χ4n) is 5.13. The Bertz CT molecular complexity index is 1780. The summed E-state index contributed by atoms with van der Waals surface area (Å²) in [4.78, 5) is 48.7. The number of ether oxygens (including phenoxy) is 2. The second kappa shape index (κ2) is 11.1. The van der Waals surface area contributed by atoms with Crippen molar-refractivity contribution >= 4 is 72.9 Å². The predicted molar refractivity (Wildman–Crippen MR) is 156 cm³/mol. The first-order chi connectivity index (χ1) is 20.9. The monoisotopic (exact) mass is 698 g/mol. The molecule has 4 aromatic rings. The summed E-state index contributed by atoms with van der Waals surface area (Å²) in [5.41, 5.74) is 11.0. The van der Waals surface area contributed by atoms with E-state index in [0.29, 0.717) is 0 Å². The van der Waals surface area contributed by atoms with E-state index in [0.717, 1.165) is 15.7 Å². The Kier molecular flexibility index (Phi) is 7.62. The first-order valence-electron chi connectivity index (χ1n) is 12.8. The summed E-state index contributed by atoms with van der Waals surface area (Å²) in [6.45, 7) is -0.821. The molecule has 240 valence electrons. The van der Waals surface area contributed by atoms with Crippen LogP contribution >= 0.6 is 38.8 Å². The average Bonchev–Trinajstić information content (AvgIpc) is 3.72. The molecule has 0 spiro atoms. The number of aromatic amines is 1. The number of hydrogen-bond donors (Lipinski definition) is 7. The fraction of sp³-hybridized carbons (Fsp3) is 0.556. The van der Waals surface area contributed by atoms with Gasteiger partial charge in [-0.3, -0.25) is 0 Å². The second-order valence-electron chi connectivity index (χ2n) is 9.97. The molecule has 0 aromatic carbocycles. The van der Waals surface area contributed by atoms with Gasteiger partial charge in [-0.15, -0.1) is 0 Å². The summed E-state index contributed by atoms with van der Waals surface area (Å²) in [6.07, 6.45) is -7.97. The van der Waals surface area contributed by atoms with Crippen molar-refractivity contribution in [2.45, 2.75) is 49.5 Å². The van der Waals surface area contributed by atoms with Crippen LogP contribution in [-0.2, 0) is 27.6 Å². The Morgan fingerprint density at radius 3 is 2.45 bits per heavy atom. The summed E-state index contributed by atoms with van der Waals surface area (Å²) in [5, 5.41) is 15.6. The van der Waals surface area contributed by atoms with Gasteiger partial charge in [0.15, 0.2) is 0 Å². The van der Waals surface area contributed by atoms with Crippen molar-refractivity contribution in [3.8, 4) is 0 Å². The molecule has 3 saturated heterocycles. The van der Waals surface area contributed by atoms with E-state index in [1.165, 1.54) is 0 Å². The number of nitrogens with one attached hydrogen (secondary N) is 1. The minimum absolute atomic E-state index is 0.0175. The molecular formula is C18H25FN12O9P2S2. The van der Waals surface area contributed by atoms with E-state index < -0.39 is 69.5 Å². The molecule has 21 nitrogen and oxygen atoms in total. The number of halogens is 1. The number of alkyl halides is 1. The van der Waals surface area contributed by atoms with Crippen LogP contribution in [0.4, 0.5) is 16.2 Å². The zero-order valence-corrected chi connectivity index (χ0v) is 25.7. The number of rotatable bonds is 2. The van der Waals surface area contributed by atoms with E-state index in [4.69, 9.17) is 39.0 Å². The normalized spacial score (nSPS) is 33.7. The molecule has 3 fully saturated rings. The first kappa shape index (κ1) is 30.2. The van der Waals surface area contributed by atoms with Gasteiger partial charge in [0.25, 0.3) is 0 Å². The van der Waals surface area contributed by atoms with E-state index >= 15 is 4.39 Å². The van der Waals surface area contributed by atoms with E-state index in [2.05, 4.69) is 65.1 Å². The molecule has 7 heterocycles. The third kappa shape index (κ3) is 5.48. The Morgan fingerprint density at radius 1 is 0.955 bits per heavy atom. The topological polar surface area (TPSA) is 281 Å². The van der Waals surface area contributed by atoms with Crippen molar-refractivity contribution in [2.75, 3.05) is 24.7 Å². The number of fused-ring (bicyclic) bond motifs is 5. The molecule has 7 atom stereocenters. The van der Waals surface area contributed by atoms with Crippen molar-refractivity contribution in [3.63, 3.8) is 0 Å². The van der Waals surface area contributed by atoms with E-state index in [1.54, 1.807) is 0 Å². The first-order valence-corrected chi connectivity index (χ1v) is 18.9. The Morgan fingerprint density at radius 2 is 1.66 bits per heavy atom. The maximum atomic E-state index is 16.0. The number of nitrogens with two attached hydrogens (primary N) is 2. The van der Waals surface area contributed by atoms with Gasteiger partial charge >= 0.3 is 255 Å². The van der Waals surface area contributed by atoms with Crippen molar-refractivity contribution in [1.82, 2.24) is 49.9 Å². The molecule has 7 N–H and O–H groups in total. The number of nitrogen functional groups attached to an aromatic ring is 2. The summed E-state index contributed by atoms with van der Waals surface area (Å²) in [6, 6.07) is 0. The van der Waals surface area contributed by atoms with Crippen LogP contribution in [0.2, 0.25) is 0 Å². The van der Waals surface area contributed by atoms with Gasteiger partial charge in [0.1, 0.15) is 0 Å². The number of nitrogens with zero attached hydrogens (tertiary/aromatic N) is 9. The van der Waals surface area contributed by atoms with Gasteiger partial charge in [0, 0.05) is 0 Å². The Labute approximate surface area is 255 Å². The molecule has 7 rings (SSSR count). The number of anilines is 2. The summed E-state index contributed by atoms with van der Waals surface area (Å²) in [5.74, 6) is -0.175. The molecule has 0 amide bonds. The number of aromatic nitrogens is 10. The van der Waals surface area contributed by atoms with Crippen LogP contribution in [0.3, 0.4) is 0 Å². The number of thiol groups is 2. The van der Waals surface area contributed by atoms with Gasteiger partial charge in [0.2, 0.25) is 0 Å². The molecule has 44 heavy (non-hydrogen) atoms. The molecule has 0 saturated carbocycles. The Hall–Kier alpha value is -2.47. The van der Waals surface area contributed by atoms with Gasteiger partial charge in [0.05, 0.1) is 0 Å². The van der Waals surface area contributed by atoms with Crippen LogP contribution < -0.4 is 17.0 Å². The molecule has 3 aliphatic rings. The van der Waals surface area contributed by atoms with E-state index in [1.807, 2.05) is 0 Å². The van der Waals surface area contributed by atoms with E-state index in [9.17, 15) is 14.6 Å². The minimum atomic E-state index is -4.38. The summed E-state index contributed by atoms with van der Waals surface area (Å²) in [7, 11) is -8.72. The molecule has 2 bridgehead atoms. The number of hydrogen-bond acceptors (Lipinski definition) is 20. The SMILES string of the molecule is Nc1nc2c(nnn2[C@@H]2O[C@@H]3CO[PH](O)(S)O[C@H]4[C@H](F)[C@H](n5nnc6c(N)ncnc65)O[C@@H]4CO[PH](O)(S)O[C@@H]2C3)c(=O)[nH]1. The number of H-pyrrole nitrogens is 1. The molecule has 0 unspecified atom stereocenters. The van der Waals surface area contributed by atoms with Crippen molar-refractivity contribution < 1.29 is 41.7 Å². The predicted octanol–water partition coefficient (Wildman–Crippen LogP) is -1.08. The average molecular weight is 699 g/mol. The second-order valence-corrected chi connectivity index (χ2v) is 16.6. The van der Waals surface area contributed by atoms with Crippen LogP contribution in [0.5, 0.6) is 0 Å². The molecular weight excluding hydrogens is 673 g/mol.